The summed E-state index contributed by atoms with van der Waals surface area (Å²) >= 11 is 0. The summed E-state index contributed by atoms with van der Waals surface area (Å²) in [4.78, 5) is 26.2. The minimum absolute atomic E-state index is 0.0843. The maximum atomic E-state index is 11.9. The Balaban J connectivity index is 2.60. The lowest BCUT2D eigenvalue weighted by atomic mass is 10.1. The van der Waals surface area contributed by atoms with Crippen molar-refractivity contribution in [2.45, 2.75) is 0 Å². The number of nitrogens with zero attached hydrogens (tertiary/aromatic N) is 2. The number of hydrogen-bond donors (Lipinski definition) is 3. The minimum atomic E-state index is -0.152. The summed E-state index contributed by atoms with van der Waals surface area (Å²) in [5.41, 5.74) is 7.68. The zero-order valence-electron chi connectivity index (χ0n) is 12.9. The van der Waals surface area contributed by atoms with Crippen molar-refractivity contribution in [2.24, 2.45) is 0 Å². The van der Waals surface area contributed by atoms with Gasteiger partial charge in [-0.3, -0.25) is 4.79 Å². The van der Waals surface area contributed by atoms with Gasteiger partial charge in [0.15, 0.2) is 0 Å². The second-order valence-electron chi connectivity index (χ2n) is 5.05. The van der Waals surface area contributed by atoms with Gasteiger partial charge in [0.1, 0.15) is 0 Å². The summed E-state index contributed by atoms with van der Waals surface area (Å²) < 4.78 is 0. The Labute approximate surface area is 125 Å². The fraction of sp³-hybridized carbons (Fsp3) is 0.429. The quantitative estimate of drug-likeness (QED) is 0.549. The molecule has 0 saturated carbocycles. The number of anilines is 2. The summed E-state index contributed by atoms with van der Waals surface area (Å²) in [6.07, 6.45) is 0. The zero-order chi connectivity index (χ0) is 16.0. The van der Waals surface area contributed by atoms with E-state index < -0.39 is 0 Å². The highest BCUT2D eigenvalue weighted by atomic mass is 16.2. The van der Waals surface area contributed by atoms with Crippen LogP contribution in [0.4, 0.5) is 16.2 Å². The summed E-state index contributed by atoms with van der Waals surface area (Å²) in [5, 5.41) is 5.85. The Bertz CT molecular complexity index is 514. The van der Waals surface area contributed by atoms with E-state index in [1.54, 1.807) is 46.4 Å². The maximum absolute atomic E-state index is 11.9. The van der Waals surface area contributed by atoms with Crippen LogP contribution in [0.3, 0.4) is 0 Å². The van der Waals surface area contributed by atoms with Crippen LogP contribution in [0.15, 0.2) is 18.2 Å². The van der Waals surface area contributed by atoms with Gasteiger partial charge in [0.25, 0.3) is 5.91 Å². The van der Waals surface area contributed by atoms with Crippen molar-refractivity contribution in [2.75, 3.05) is 52.3 Å². The minimum Gasteiger partial charge on any atom is -0.397 e. The number of benzene rings is 1. The Morgan fingerprint density at radius 2 is 1.76 bits per heavy atom. The predicted octanol–water partition coefficient (Wildman–Crippen LogP) is 0.654. The van der Waals surface area contributed by atoms with E-state index in [0.29, 0.717) is 30.0 Å². The molecule has 0 aliphatic carbocycles. The molecule has 0 bridgehead atoms. The van der Waals surface area contributed by atoms with Gasteiger partial charge in [-0.2, -0.15) is 0 Å². The predicted molar refractivity (Wildman–Crippen MR) is 84.4 cm³/mol. The highest BCUT2D eigenvalue weighted by molar-refractivity contribution is 5.95. The first-order valence-corrected chi connectivity index (χ1v) is 6.63. The third kappa shape index (κ3) is 4.87. The second-order valence-corrected chi connectivity index (χ2v) is 5.05. The first kappa shape index (κ1) is 16.6. The summed E-state index contributed by atoms with van der Waals surface area (Å²) in [5.74, 6) is -0.0843. The molecule has 0 fully saturated rings. The third-order valence-electron chi connectivity index (χ3n) is 2.83. The first-order chi connectivity index (χ1) is 9.82. The smallest absolute Gasteiger partial charge is 0.316 e. The topological polar surface area (TPSA) is 90.7 Å². The second kappa shape index (κ2) is 7.37. The number of carbonyl (C=O) groups excluding carboxylic acids is 2. The fourth-order valence-corrected chi connectivity index (χ4v) is 1.63. The molecular formula is C14H23N5O2. The highest BCUT2D eigenvalue weighted by Gasteiger charge is 2.10. The van der Waals surface area contributed by atoms with Gasteiger partial charge in [0, 0.05) is 46.8 Å². The van der Waals surface area contributed by atoms with Crippen LogP contribution >= 0.6 is 0 Å². The standard InChI is InChI=1S/C14H23N5O2/c1-18(2)13(20)10-5-6-11(15)12(9-10)16-7-8-17-14(21)19(3)4/h5-6,9,16H,7-8,15H2,1-4H3,(H,17,21). The number of amides is 3. The molecule has 0 spiro atoms. The molecule has 7 nitrogen and oxygen atoms in total. The van der Waals surface area contributed by atoms with Crippen LogP contribution in [0.5, 0.6) is 0 Å². The van der Waals surface area contributed by atoms with Gasteiger partial charge in [-0.1, -0.05) is 0 Å². The maximum Gasteiger partial charge on any atom is 0.316 e. The Kier molecular flexibility index (Phi) is 5.83. The number of hydrogen-bond acceptors (Lipinski definition) is 4. The number of nitrogens with one attached hydrogen (secondary N) is 2. The van der Waals surface area contributed by atoms with E-state index in [9.17, 15) is 9.59 Å². The van der Waals surface area contributed by atoms with E-state index in [1.165, 1.54) is 9.80 Å². The van der Waals surface area contributed by atoms with Gasteiger partial charge in [0.2, 0.25) is 0 Å². The molecule has 0 radical (unpaired) electrons. The molecular weight excluding hydrogens is 270 g/mol. The Hall–Kier alpha value is -2.44. The lowest BCUT2D eigenvalue weighted by Crippen LogP contribution is -2.37. The van der Waals surface area contributed by atoms with Crippen molar-refractivity contribution in [3.05, 3.63) is 23.8 Å². The largest absolute Gasteiger partial charge is 0.397 e. The molecule has 0 aliphatic heterocycles. The molecule has 0 saturated heterocycles. The molecule has 0 aliphatic rings. The van der Waals surface area contributed by atoms with Crippen LogP contribution in [-0.4, -0.2) is 63.0 Å². The molecule has 7 heteroatoms. The SMILES string of the molecule is CN(C)C(=O)NCCNc1cc(C(=O)N(C)C)ccc1N. The molecule has 1 aromatic carbocycles. The van der Waals surface area contributed by atoms with E-state index in [4.69, 9.17) is 5.73 Å². The molecule has 0 atom stereocenters. The van der Waals surface area contributed by atoms with Gasteiger partial charge in [0.05, 0.1) is 11.4 Å². The fourth-order valence-electron chi connectivity index (χ4n) is 1.63. The normalized spacial score (nSPS) is 9.90. The van der Waals surface area contributed by atoms with E-state index in [1.807, 2.05) is 0 Å². The Morgan fingerprint density at radius 1 is 1.10 bits per heavy atom. The van der Waals surface area contributed by atoms with E-state index in [-0.39, 0.29) is 11.9 Å². The van der Waals surface area contributed by atoms with Gasteiger partial charge in [-0.15, -0.1) is 0 Å². The van der Waals surface area contributed by atoms with Crippen molar-refractivity contribution in [1.82, 2.24) is 15.1 Å². The third-order valence-corrected chi connectivity index (χ3v) is 2.83. The average molecular weight is 293 g/mol. The van der Waals surface area contributed by atoms with Crippen LogP contribution in [0.1, 0.15) is 10.4 Å². The molecule has 0 unspecified atom stereocenters. The average Bonchev–Trinajstić information content (AvgIpc) is 2.43. The molecule has 0 heterocycles. The van der Waals surface area contributed by atoms with E-state index in [2.05, 4.69) is 10.6 Å². The van der Waals surface area contributed by atoms with Gasteiger partial charge in [-0.05, 0) is 18.2 Å². The van der Waals surface area contributed by atoms with Crippen molar-refractivity contribution in [3.63, 3.8) is 0 Å². The van der Waals surface area contributed by atoms with Crippen LogP contribution in [0.2, 0.25) is 0 Å². The molecule has 21 heavy (non-hydrogen) atoms. The van der Waals surface area contributed by atoms with Crippen molar-refractivity contribution in [1.29, 1.82) is 0 Å². The molecule has 4 N–H and O–H groups in total. The van der Waals surface area contributed by atoms with Crippen LogP contribution in [0, 0.1) is 0 Å². The lowest BCUT2D eigenvalue weighted by molar-refractivity contribution is 0.0827. The number of urea groups is 1. The van der Waals surface area contributed by atoms with Crippen molar-refractivity contribution in [3.8, 4) is 0 Å². The van der Waals surface area contributed by atoms with Crippen molar-refractivity contribution < 1.29 is 9.59 Å². The van der Waals surface area contributed by atoms with Crippen LogP contribution < -0.4 is 16.4 Å². The zero-order valence-corrected chi connectivity index (χ0v) is 12.9. The molecule has 0 aromatic heterocycles. The summed E-state index contributed by atoms with van der Waals surface area (Å²) in [7, 11) is 6.75. The van der Waals surface area contributed by atoms with Crippen molar-refractivity contribution >= 4 is 23.3 Å². The van der Waals surface area contributed by atoms with Gasteiger partial charge in [-0.25, -0.2) is 4.79 Å². The molecule has 1 aromatic rings. The highest BCUT2D eigenvalue weighted by Crippen LogP contribution is 2.20. The molecule has 116 valence electrons. The first-order valence-electron chi connectivity index (χ1n) is 6.63. The Morgan fingerprint density at radius 3 is 2.33 bits per heavy atom. The van der Waals surface area contributed by atoms with Gasteiger partial charge >= 0.3 is 6.03 Å². The monoisotopic (exact) mass is 293 g/mol. The number of carbonyl (C=O) groups is 2. The number of nitrogens with two attached hydrogens (primary N) is 1. The lowest BCUT2D eigenvalue weighted by Gasteiger charge is -2.15. The van der Waals surface area contributed by atoms with Crippen LogP contribution in [-0.2, 0) is 0 Å². The summed E-state index contributed by atoms with van der Waals surface area (Å²) in [6.45, 7) is 0.978. The summed E-state index contributed by atoms with van der Waals surface area (Å²) in [6, 6.07) is 4.95. The number of nitrogen functional groups attached to an aromatic ring is 1. The van der Waals surface area contributed by atoms with E-state index in [0.717, 1.165) is 0 Å². The molecule has 1 rings (SSSR count). The van der Waals surface area contributed by atoms with Crippen LogP contribution in [0.25, 0.3) is 0 Å². The molecule has 3 amide bonds. The van der Waals surface area contributed by atoms with Gasteiger partial charge < -0.3 is 26.2 Å². The number of rotatable bonds is 5. The van der Waals surface area contributed by atoms with E-state index >= 15 is 0 Å².